The van der Waals surface area contributed by atoms with E-state index in [-0.39, 0.29) is 34.0 Å². The molecule has 2 rings (SSSR count). The van der Waals surface area contributed by atoms with Crippen molar-refractivity contribution in [2.75, 3.05) is 19.6 Å². The number of amides is 2. The second kappa shape index (κ2) is 9.70. The molecule has 0 aliphatic carbocycles. The van der Waals surface area contributed by atoms with Crippen LogP contribution in [-0.4, -0.2) is 47.9 Å². The van der Waals surface area contributed by atoms with Gasteiger partial charge in [0.15, 0.2) is 0 Å². The van der Waals surface area contributed by atoms with E-state index in [0.29, 0.717) is 12.5 Å². The van der Waals surface area contributed by atoms with Gasteiger partial charge in [0.25, 0.3) is 5.91 Å². The molecule has 5 nitrogen and oxygen atoms in total. The molecule has 1 unspecified atom stereocenters. The van der Waals surface area contributed by atoms with E-state index in [9.17, 15) is 14.0 Å². The molecule has 156 valence electrons. The molecule has 1 fully saturated rings. The van der Waals surface area contributed by atoms with E-state index in [1.807, 2.05) is 20.8 Å². The van der Waals surface area contributed by atoms with Crippen molar-refractivity contribution in [3.05, 3.63) is 34.6 Å². The van der Waals surface area contributed by atoms with Crippen LogP contribution in [0.3, 0.4) is 0 Å². The summed E-state index contributed by atoms with van der Waals surface area (Å²) in [5.74, 6) is -0.448. The smallest absolute Gasteiger partial charge is 0.251 e. The molecule has 0 saturated carbocycles. The highest BCUT2D eigenvalue weighted by atomic mass is 35.5. The molecule has 1 aliphatic heterocycles. The van der Waals surface area contributed by atoms with Gasteiger partial charge in [-0.25, -0.2) is 4.39 Å². The molecule has 28 heavy (non-hydrogen) atoms. The van der Waals surface area contributed by atoms with Gasteiger partial charge in [-0.1, -0.05) is 18.5 Å². The Hall–Kier alpha value is -1.66. The molecule has 0 aromatic heterocycles. The van der Waals surface area contributed by atoms with Crippen LogP contribution in [0.1, 0.15) is 57.3 Å². The highest BCUT2D eigenvalue weighted by molar-refractivity contribution is 6.31. The number of piperidine rings is 1. The second-order valence-electron chi connectivity index (χ2n) is 8.25. The van der Waals surface area contributed by atoms with Crippen molar-refractivity contribution >= 4 is 23.4 Å². The van der Waals surface area contributed by atoms with Gasteiger partial charge in [-0.05, 0) is 77.2 Å². The van der Waals surface area contributed by atoms with Crippen molar-refractivity contribution in [2.24, 2.45) is 5.92 Å². The number of nitrogens with zero attached hydrogens (tertiary/aromatic N) is 1. The molecule has 7 heteroatoms. The van der Waals surface area contributed by atoms with Crippen molar-refractivity contribution in [1.82, 2.24) is 15.5 Å². The minimum atomic E-state index is -0.524. The van der Waals surface area contributed by atoms with Crippen molar-refractivity contribution < 1.29 is 14.0 Å². The van der Waals surface area contributed by atoms with Crippen LogP contribution in [0.5, 0.6) is 0 Å². The Kier molecular flexibility index (Phi) is 7.84. The Bertz CT molecular complexity index is 683. The lowest BCUT2D eigenvalue weighted by Gasteiger charge is -2.37. The standard InChI is InChI=1S/C21H31ClFN3O2/c1-5-21(3,4)25-19(27)14(2)26-8-6-15(7-9-26)13-24-20(28)16-10-17(22)12-18(23)11-16/h10-12,14-15H,5-9,13H2,1-4H3,(H,24,28)(H,25,27). The molecule has 1 aliphatic rings. The first-order valence-electron chi connectivity index (χ1n) is 9.91. The van der Waals surface area contributed by atoms with E-state index in [4.69, 9.17) is 11.6 Å². The molecule has 0 radical (unpaired) electrons. The molecule has 0 bridgehead atoms. The van der Waals surface area contributed by atoms with Crippen LogP contribution in [0.25, 0.3) is 0 Å². The van der Waals surface area contributed by atoms with Crippen LogP contribution in [0.4, 0.5) is 4.39 Å². The lowest BCUT2D eigenvalue weighted by molar-refractivity contribution is -0.128. The van der Waals surface area contributed by atoms with Gasteiger partial charge in [0.2, 0.25) is 5.91 Å². The van der Waals surface area contributed by atoms with Crippen LogP contribution in [-0.2, 0) is 4.79 Å². The van der Waals surface area contributed by atoms with Gasteiger partial charge in [0, 0.05) is 22.7 Å². The molecule has 2 N–H and O–H groups in total. The summed E-state index contributed by atoms with van der Waals surface area (Å²) < 4.78 is 13.4. The third-order valence-electron chi connectivity index (χ3n) is 5.60. The van der Waals surface area contributed by atoms with Crippen LogP contribution in [0, 0.1) is 11.7 Å². The number of carbonyl (C=O) groups is 2. The van der Waals surface area contributed by atoms with Gasteiger partial charge in [-0.3, -0.25) is 14.5 Å². The number of halogens is 2. The number of hydrogen-bond donors (Lipinski definition) is 2. The number of benzene rings is 1. The molecule has 1 aromatic rings. The fourth-order valence-electron chi connectivity index (χ4n) is 3.26. The topological polar surface area (TPSA) is 61.4 Å². The number of hydrogen-bond acceptors (Lipinski definition) is 3. The maximum Gasteiger partial charge on any atom is 0.251 e. The summed E-state index contributed by atoms with van der Waals surface area (Å²) >= 11 is 5.81. The lowest BCUT2D eigenvalue weighted by atomic mass is 9.95. The van der Waals surface area contributed by atoms with Crippen molar-refractivity contribution in [2.45, 2.75) is 58.5 Å². The maximum atomic E-state index is 13.4. The van der Waals surface area contributed by atoms with Crippen molar-refractivity contribution in [3.8, 4) is 0 Å². The first kappa shape index (κ1) is 22.6. The minimum Gasteiger partial charge on any atom is -0.352 e. The van der Waals surface area contributed by atoms with Crippen LogP contribution < -0.4 is 10.6 Å². The third kappa shape index (κ3) is 6.45. The fraction of sp³-hybridized carbons (Fsp3) is 0.619. The Balaban J connectivity index is 1.79. The first-order chi connectivity index (χ1) is 13.1. The van der Waals surface area contributed by atoms with E-state index < -0.39 is 5.82 Å². The quantitative estimate of drug-likeness (QED) is 0.720. The molecule has 0 spiro atoms. The maximum absolute atomic E-state index is 13.4. The van der Waals surface area contributed by atoms with Crippen molar-refractivity contribution in [3.63, 3.8) is 0 Å². The van der Waals surface area contributed by atoms with Gasteiger partial charge in [0.1, 0.15) is 5.82 Å². The van der Waals surface area contributed by atoms with Gasteiger partial charge in [-0.15, -0.1) is 0 Å². The zero-order chi connectivity index (χ0) is 20.9. The van der Waals surface area contributed by atoms with Gasteiger partial charge < -0.3 is 10.6 Å². The van der Waals surface area contributed by atoms with Gasteiger partial charge >= 0.3 is 0 Å². The first-order valence-corrected chi connectivity index (χ1v) is 10.3. The predicted octanol–water partition coefficient (Wildman–Crippen LogP) is 3.61. The summed E-state index contributed by atoms with van der Waals surface area (Å²) in [6, 6.07) is 3.64. The summed E-state index contributed by atoms with van der Waals surface area (Å²) in [4.78, 5) is 26.9. The lowest BCUT2D eigenvalue weighted by Crippen LogP contribution is -2.53. The number of nitrogens with one attached hydrogen (secondary N) is 2. The highest BCUT2D eigenvalue weighted by Crippen LogP contribution is 2.20. The largest absolute Gasteiger partial charge is 0.352 e. The van der Waals surface area contributed by atoms with Crippen LogP contribution >= 0.6 is 11.6 Å². The zero-order valence-corrected chi connectivity index (χ0v) is 17.9. The van der Waals surface area contributed by atoms with E-state index in [2.05, 4.69) is 22.5 Å². The molecule has 1 saturated heterocycles. The average molecular weight is 412 g/mol. The Morgan fingerprint density at radius 3 is 2.50 bits per heavy atom. The fourth-order valence-corrected chi connectivity index (χ4v) is 3.48. The Labute approximate surface area is 172 Å². The number of rotatable bonds is 7. The van der Waals surface area contributed by atoms with E-state index >= 15 is 0 Å². The normalized spacial score (nSPS) is 17.2. The molecule has 1 heterocycles. The van der Waals surface area contributed by atoms with Crippen LogP contribution in [0.15, 0.2) is 18.2 Å². The van der Waals surface area contributed by atoms with E-state index in [1.54, 1.807) is 0 Å². The zero-order valence-electron chi connectivity index (χ0n) is 17.1. The summed E-state index contributed by atoms with van der Waals surface area (Å²) in [5.41, 5.74) is 0.0274. The van der Waals surface area contributed by atoms with Crippen molar-refractivity contribution in [1.29, 1.82) is 0 Å². The second-order valence-corrected chi connectivity index (χ2v) is 8.69. The summed E-state index contributed by atoms with van der Waals surface area (Å²) in [5, 5.41) is 6.17. The summed E-state index contributed by atoms with van der Waals surface area (Å²) in [6.07, 6.45) is 2.68. The molecule has 2 amide bonds. The average Bonchev–Trinajstić information content (AvgIpc) is 2.64. The summed E-state index contributed by atoms with van der Waals surface area (Å²) in [6.45, 7) is 10.2. The molecular weight excluding hydrogens is 381 g/mol. The molecule has 1 atom stereocenters. The SMILES string of the molecule is CCC(C)(C)NC(=O)C(C)N1CCC(CNC(=O)c2cc(F)cc(Cl)c2)CC1. The van der Waals surface area contributed by atoms with Gasteiger partial charge in [-0.2, -0.15) is 0 Å². The monoisotopic (exact) mass is 411 g/mol. The summed E-state index contributed by atoms with van der Waals surface area (Å²) in [7, 11) is 0. The Morgan fingerprint density at radius 1 is 1.29 bits per heavy atom. The molecule has 1 aromatic carbocycles. The highest BCUT2D eigenvalue weighted by Gasteiger charge is 2.29. The number of carbonyl (C=O) groups excluding carboxylic acids is 2. The molecular formula is C21H31ClFN3O2. The van der Waals surface area contributed by atoms with E-state index in [0.717, 1.165) is 32.4 Å². The van der Waals surface area contributed by atoms with Gasteiger partial charge in [0.05, 0.1) is 6.04 Å². The van der Waals surface area contributed by atoms with Crippen LogP contribution in [0.2, 0.25) is 5.02 Å². The minimum absolute atomic E-state index is 0.0570. The third-order valence-corrected chi connectivity index (χ3v) is 5.82. The van der Waals surface area contributed by atoms with E-state index in [1.165, 1.54) is 18.2 Å². The predicted molar refractivity (Wildman–Crippen MR) is 110 cm³/mol. The Morgan fingerprint density at radius 2 is 1.93 bits per heavy atom. The number of likely N-dealkylation sites (tertiary alicyclic amines) is 1.